The highest BCUT2D eigenvalue weighted by atomic mass is 16.3. The Kier molecular flexibility index (Phi) is 3.41. The van der Waals surface area contributed by atoms with Crippen molar-refractivity contribution in [3.05, 3.63) is 59.8 Å². The molecule has 5 heteroatoms. The molecule has 1 aromatic heterocycles. The van der Waals surface area contributed by atoms with Gasteiger partial charge in [0, 0.05) is 16.8 Å². The van der Waals surface area contributed by atoms with E-state index in [1.807, 2.05) is 19.1 Å². The second kappa shape index (κ2) is 5.38. The number of hydrogen-bond acceptors (Lipinski definition) is 3. The molecule has 0 aliphatic rings. The van der Waals surface area contributed by atoms with Crippen LogP contribution in [0.4, 0.5) is 5.69 Å². The lowest BCUT2D eigenvalue weighted by Crippen LogP contribution is -2.20. The molecule has 0 aliphatic heterocycles. The van der Waals surface area contributed by atoms with Crippen molar-refractivity contribution >= 4 is 22.5 Å². The first-order chi connectivity index (χ1) is 10.1. The molecule has 0 saturated carbocycles. The van der Waals surface area contributed by atoms with E-state index in [1.54, 1.807) is 36.4 Å². The molecule has 2 aromatic carbocycles. The van der Waals surface area contributed by atoms with E-state index in [0.717, 1.165) is 16.6 Å². The highest BCUT2D eigenvalue weighted by molar-refractivity contribution is 5.96. The molecule has 0 fully saturated rings. The first kappa shape index (κ1) is 13.3. The summed E-state index contributed by atoms with van der Waals surface area (Å²) in [5.41, 5.74) is 2.92. The van der Waals surface area contributed by atoms with Gasteiger partial charge in [0.25, 0.3) is 5.91 Å². The zero-order valence-corrected chi connectivity index (χ0v) is 11.5. The second-order valence-electron chi connectivity index (χ2n) is 4.88. The molecule has 0 radical (unpaired) electrons. The van der Waals surface area contributed by atoms with E-state index in [4.69, 9.17) is 0 Å². The van der Waals surface area contributed by atoms with Gasteiger partial charge in [-0.1, -0.05) is 30.3 Å². The summed E-state index contributed by atoms with van der Waals surface area (Å²) in [5, 5.41) is 20.8. The van der Waals surface area contributed by atoms with Gasteiger partial charge >= 0.3 is 0 Å². The van der Waals surface area contributed by atoms with Crippen molar-refractivity contribution in [1.29, 1.82) is 0 Å². The third kappa shape index (κ3) is 2.64. The Balaban J connectivity index is 1.79. The fourth-order valence-electron chi connectivity index (χ4n) is 2.22. The van der Waals surface area contributed by atoms with Gasteiger partial charge < -0.3 is 10.4 Å². The van der Waals surface area contributed by atoms with E-state index in [-0.39, 0.29) is 0 Å². The molecule has 1 heterocycles. The van der Waals surface area contributed by atoms with Crippen molar-refractivity contribution in [3.63, 3.8) is 0 Å². The summed E-state index contributed by atoms with van der Waals surface area (Å²) < 4.78 is 0. The molecule has 1 atom stereocenters. The maximum atomic E-state index is 12.1. The van der Waals surface area contributed by atoms with Gasteiger partial charge in [-0.15, -0.1) is 0 Å². The number of nitrogens with zero attached hydrogens (tertiary/aromatic N) is 1. The summed E-state index contributed by atoms with van der Waals surface area (Å²) in [4.78, 5) is 12.1. The standard InChI is InChI=1S/C16H15N3O2/c1-10-13-8-7-12(9-14(13)19-18-10)17-16(21)15(20)11-5-3-2-4-6-11/h2-9,15,20H,1H3,(H,17,21)(H,18,19). The molecule has 1 amide bonds. The van der Waals surface area contributed by atoms with Crippen LogP contribution in [0.3, 0.4) is 0 Å². The summed E-state index contributed by atoms with van der Waals surface area (Å²) in [5.74, 6) is -0.465. The van der Waals surface area contributed by atoms with Crippen LogP contribution < -0.4 is 5.32 Å². The molecule has 3 rings (SSSR count). The largest absolute Gasteiger partial charge is 0.378 e. The molecule has 1 unspecified atom stereocenters. The summed E-state index contributed by atoms with van der Waals surface area (Å²) in [7, 11) is 0. The minimum absolute atomic E-state index is 0.465. The van der Waals surface area contributed by atoms with E-state index in [1.165, 1.54) is 0 Å². The van der Waals surface area contributed by atoms with Crippen LogP contribution >= 0.6 is 0 Å². The van der Waals surface area contributed by atoms with Gasteiger partial charge in [-0.05, 0) is 30.7 Å². The van der Waals surface area contributed by atoms with Crippen LogP contribution in [0, 0.1) is 6.92 Å². The Bertz CT molecular complexity index is 781. The minimum Gasteiger partial charge on any atom is -0.378 e. The van der Waals surface area contributed by atoms with Gasteiger partial charge in [0.1, 0.15) is 0 Å². The lowest BCUT2D eigenvalue weighted by molar-refractivity contribution is -0.124. The van der Waals surface area contributed by atoms with Crippen molar-refractivity contribution in [3.8, 4) is 0 Å². The van der Waals surface area contributed by atoms with Gasteiger partial charge in [0.2, 0.25) is 0 Å². The van der Waals surface area contributed by atoms with Gasteiger partial charge in [0.05, 0.1) is 5.52 Å². The number of nitrogens with one attached hydrogen (secondary N) is 2. The summed E-state index contributed by atoms with van der Waals surface area (Å²) in [6.07, 6.45) is -1.19. The number of fused-ring (bicyclic) bond motifs is 1. The lowest BCUT2D eigenvalue weighted by atomic mass is 10.1. The number of amides is 1. The maximum Gasteiger partial charge on any atom is 0.257 e. The number of hydrogen-bond donors (Lipinski definition) is 3. The Hall–Kier alpha value is -2.66. The highest BCUT2D eigenvalue weighted by Crippen LogP contribution is 2.21. The lowest BCUT2D eigenvalue weighted by Gasteiger charge is -2.11. The van der Waals surface area contributed by atoms with Crippen molar-refractivity contribution in [2.75, 3.05) is 5.32 Å². The highest BCUT2D eigenvalue weighted by Gasteiger charge is 2.17. The smallest absolute Gasteiger partial charge is 0.257 e. The molecule has 0 bridgehead atoms. The molecule has 0 spiro atoms. The zero-order chi connectivity index (χ0) is 14.8. The molecule has 21 heavy (non-hydrogen) atoms. The number of anilines is 1. The average Bonchev–Trinajstić information content (AvgIpc) is 2.88. The van der Waals surface area contributed by atoms with Crippen LogP contribution in [0.1, 0.15) is 17.4 Å². The SMILES string of the molecule is Cc1[nH]nc2cc(NC(=O)C(O)c3ccccc3)ccc12. The van der Waals surface area contributed by atoms with Crippen LogP contribution in [0.25, 0.3) is 10.9 Å². The van der Waals surface area contributed by atoms with E-state index >= 15 is 0 Å². The fourth-order valence-corrected chi connectivity index (χ4v) is 2.22. The number of aliphatic hydroxyl groups is 1. The fraction of sp³-hybridized carbons (Fsp3) is 0.125. The van der Waals surface area contributed by atoms with Crippen LogP contribution in [0.2, 0.25) is 0 Å². The molecule has 3 N–H and O–H groups in total. The monoisotopic (exact) mass is 281 g/mol. The molecule has 0 saturated heterocycles. The number of aryl methyl sites for hydroxylation is 1. The van der Waals surface area contributed by atoms with E-state index < -0.39 is 12.0 Å². The van der Waals surface area contributed by atoms with Gasteiger partial charge in [-0.25, -0.2) is 0 Å². The van der Waals surface area contributed by atoms with Crippen LogP contribution in [0.5, 0.6) is 0 Å². The number of carbonyl (C=O) groups is 1. The number of benzene rings is 2. The van der Waals surface area contributed by atoms with Crippen molar-refractivity contribution in [2.24, 2.45) is 0 Å². The second-order valence-corrected chi connectivity index (χ2v) is 4.88. The van der Waals surface area contributed by atoms with Gasteiger partial charge in [-0.2, -0.15) is 5.10 Å². The van der Waals surface area contributed by atoms with E-state index in [9.17, 15) is 9.90 Å². The van der Waals surface area contributed by atoms with Gasteiger partial charge in [-0.3, -0.25) is 9.89 Å². The number of rotatable bonds is 3. The normalized spacial score (nSPS) is 12.3. The predicted molar refractivity (Wildman–Crippen MR) is 80.9 cm³/mol. The molecule has 5 nitrogen and oxygen atoms in total. The van der Waals surface area contributed by atoms with E-state index in [2.05, 4.69) is 15.5 Å². The topological polar surface area (TPSA) is 78.0 Å². The van der Waals surface area contributed by atoms with Crippen molar-refractivity contribution in [2.45, 2.75) is 13.0 Å². The molecule has 0 aliphatic carbocycles. The molecular weight excluding hydrogens is 266 g/mol. The van der Waals surface area contributed by atoms with Crippen LogP contribution in [-0.4, -0.2) is 21.2 Å². The quantitative estimate of drug-likeness (QED) is 0.690. The molecule has 106 valence electrons. The first-order valence-electron chi connectivity index (χ1n) is 6.64. The number of aromatic nitrogens is 2. The maximum absolute atomic E-state index is 12.1. The summed E-state index contributed by atoms with van der Waals surface area (Å²) >= 11 is 0. The number of aliphatic hydroxyl groups excluding tert-OH is 1. The number of carbonyl (C=O) groups excluding carboxylic acids is 1. The zero-order valence-electron chi connectivity index (χ0n) is 11.5. The Labute approximate surface area is 121 Å². The van der Waals surface area contributed by atoms with Crippen molar-refractivity contribution in [1.82, 2.24) is 10.2 Å². The van der Waals surface area contributed by atoms with Gasteiger partial charge in [0.15, 0.2) is 6.10 Å². The molecular formula is C16H15N3O2. The van der Waals surface area contributed by atoms with E-state index in [0.29, 0.717) is 11.3 Å². The summed E-state index contributed by atoms with van der Waals surface area (Å²) in [6.45, 7) is 1.94. The number of H-pyrrole nitrogens is 1. The first-order valence-corrected chi connectivity index (χ1v) is 6.64. The Morgan fingerprint density at radius 2 is 2.00 bits per heavy atom. The minimum atomic E-state index is -1.19. The third-order valence-electron chi connectivity index (χ3n) is 3.38. The third-order valence-corrected chi connectivity index (χ3v) is 3.38. The van der Waals surface area contributed by atoms with Crippen LogP contribution in [-0.2, 0) is 4.79 Å². The Morgan fingerprint density at radius 3 is 2.76 bits per heavy atom. The number of aromatic amines is 1. The summed E-state index contributed by atoms with van der Waals surface area (Å²) in [6, 6.07) is 14.3. The van der Waals surface area contributed by atoms with Crippen LogP contribution in [0.15, 0.2) is 48.5 Å². The van der Waals surface area contributed by atoms with Crippen molar-refractivity contribution < 1.29 is 9.90 Å². The molecule has 3 aromatic rings. The predicted octanol–water partition coefficient (Wildman–Crippen LogP) is 2.54. The Morgan fingerprint density at radius 1 is 1.24 bits per heavy atom. The average molecular weight is 281 g/mol.